The van der Waals surface area contributed by atoms with Gasteiger partial charge in [-0.3, -0.25) is 20.4 Å². The normalized spacial score (nSPS) is 9.83. The molecule has 0 saturated heterocycles. The Morgan fingerprint density at radius 3 is 2.50 bits per heavy atom. The van der Waals surface area contributed by atoms with Crippen molar-refractivity contribution in [2.75, 3.05) is 5.43 Å². The van der Waals surface area contributed by atoms with Gasteiger partial charge in [0.25, 0.3) is 11.5 Å². The Kier molecular flexibility index (Phi) is 3.43. The van der Waals surface area contributed by atoms with Crippen LogP contribution in [0, 0.1) is 0 Å². The standard InChI is InChI=1S/C13H13N3O2/c1-16-11(8-5-9-12(16)17)13(18)15-14-10-6-3-2-4-7-10/h2-9,14H,1H3,(H,15,18). The molecule has 5 heteroatoms. The zero-order valence-electron chi connectivity index (χ0n) is 9.88. The first-order valence-electron chi connectivity index (χ1n) is 5.46. The second-order valence-electron chi connectivity index (χ2n) is 3.75. The molecule has 0 aliphatic rings. The number of hydrogen-bond acceptors (Lipinski definition) is 3. The summed E-state index contributed by atoms with van der Waals surface area (Å²) in [6.45, 7) is 0. The highest BCUT2D eigenvalue weighted by Crippen LogP contribution is 2.03. The third kappa shape index (κ3) is 2.57. The molecule has 0 aliphatic carbocycles. The smallest absolute Gasteiger partial charge is 0.286 e. The lowest BCUT2D eigenvalue weighted by molar-refractivity contribution is 0.0953. The molecule has 0 unspecified atom stereocenters. The van der Waals surface area contributed by atoms with E-state index in [1.165, 1.54) is 10.6 Å². The fourth-order valence-corrected chi connectivity index (χ4v) is 1.51. The van der Waals surface area contributed by atoms with E-state index >= 15 is 0 Å². The van der Waals surface area contributed by atoms with Crippen molar-refractivity contribution < 1.29 is 4.79 Å². The monoisotopic (exact) mass is 243 g/mol. The molecule has 0 fully saturated rings. The van der Waals surface area contributed by atoms with E-state index in [0.29, 0.717) is 5.69 Å². The largest absolute Gasteiger partial charge is 0.307 e. The SMILES string of the molecule is Cn1c(C(=O)NNc2ccccc2)cccc1=O. The average Bonchev–Trinajstić information content (AvgIpc) is 2.40. The van der Waals surface area contributed by atoms with E-state index in [-0.39, 0.29) is 11.5 Å². The number of nitrogens with one attached hydrogen (secondary N) is 2. The molecule has 0 saturated carbocycles. The summed E-state index contributed by atoms with van der Waals surface area (Å²) in [4.78, 5) is 23.2. The van der Waals surface area contributed by atoms with Crippen molar-refractivity contribution in [2.24, 2.45) is 7.05 Å². The van der Waals surface area contributed by atoms with E-state index < -0.39 is 0 Å². The van der Waals surface area contributed by atoms with Gasteiger partial charge in [-0.1, -0.05) is 24.3 Å². The van der Waals surface area contributed by atoms with Crippen LogP contribution >= 0.6 is 0 Å². The quantitative estimate of drug-likeness (QED) is 0.795. The number of anilines is 1. The number of aromatic nitrogens is 1. The molecular formula is C13H13N3O2. The van der Waals surface area contributed by atoms with Crippen LogP contribution in [0.3, 0.4) is 0 Å². The summed E-state index contributed by atoms with van der Waals surface area (Å²) in [6.07, 6.45) is 0. The Morgan fingerprint density at radius 2 is 1.78 bits per heavy atom. The molecule has 0 atom stereocenters. The lowest BCUT2D eigenvalue weighted by atomic mass is 10.3. The van der Waals surface area contributed by atoms with Gasteiger partial charge < -0.3 is 4.57 Å². The van der Waals surface area contributed by atoms with E-state index in [2.05, 4.69) is 10.9 Å². The van der Waals surface area contributed by atoms with Crippen molar-refractivity contribution >= 4 is 11.6 Å². The van der Waals surface area contributed by atoms with Gasteiger partial charge >= 0.3 is 0 Å². The second-order valence-corrected chi connectivity index (χ2v) is 3.75. The van der Waals surface area contributed by atoms with Gasteiger partial charge in [0.1, 0.15) is 5.69 Å². The first-order valence-corrected chi connectivity index (χ1v) is 5.46. The lowest BCUT2D eigenvalue weighted by Crippen LogP contribution is -2.33. The summed E-state index contributed by atoms with van der Waals surface area (Å²) in [5, 5.41) is 0. The van der Waals surface area contributed by atoms with Crippen molar-refractivity contribution in [2.45, 2.75) is 0 Å². The van der Waals surface area contributed by atoms with Crippen LogP contribution in [0.15, 0.2) is 53.3 Å². The Balaban J connectivity index is 2.09. The summed E-state index contributed by atoms with van der Waals surface area (Å²) in [7, 11) is 1.56. The van der Waals surface area contributed by atoms with Gasteiger partial charge in [-0.05, 0) is 18.2 Å². The number of benzene rings is 1. The van der Waals surface area contributed by atoms with Gasteiger partial charge in [-0.25, -0.2) is 0 Å². The van der Waals surface area contributed by atoms with Gasteiger partial charge in [0, 0.05) is 13.1 Å². The Labute approximate surface area is 104 Å². The van der Waals surface area contributed by atoms with Gasteiger partial charge in [-0.2, -0.15) is 0 Å². The number of pyridine rings is 1. The van der Waals surface area contributed by atoms with Crippen molar-refractivity contribution in [3.8, 4) is 0 Å². The predicted molar refractivity (Wildman–Crippen MR) is 69.2 cm³/mol. The minimum Gasteiger partial charge on any atom is -0.307 e. The fourth-order valence-electron chi connectivity index (χ4n) is 1.51. The first kappa shape index (κ1) is 11.9. The topological polar surface area (TPSA) is 63.1 Å². The minimum atomic E-state index is -0.362. The summed E-state index contributed by atoms with van der Waals surface area (Å²) < 4.78 is 1.29. The summed E-state index contributed by atoms with van der Waals surface area (Å²) in [5.74, 6) is -0.362. The van der Waals surface area contributed by atoms with Crippen LogP contribution in [-0.4, -0.2) is 10.5 Å². The van der Waals surface area contributed by atoms with Crippen molar-refractivity contribution in [3.05, 3.63) is 64.6 Å². The van der Waals surface area contributed by atoms with E-state index in [1.807, 2.05) is 30.3 Å². The Morgan fingerprint density at radius 1 is 1.06 bits per heavy atom. The zero-order chi connectivity index (χ0) is 13.0. The number of nitrogens with zero attached hydrogens (tertiary/aromatic N) is 1. The van der Waals surface area contributed by atoms with Crippen LogP contribution < -0.4 is 16.4 Å². The maximum absolute atomic E-state index is 11.9. The molecule has 92 valence electrons. The van der Waals surface area contributed by atoms with E-state index in [1.54, 1.807) is 19.2 Å². The van der Waals surface area contributed by atoms with Crippen LogP contribution in [0.2, 0.25) is 0 Å². The second kappa shape index (κ2) is 5.18. The third-order valence-corrected chi connectivity index (χ3v) is 2.51. The highest BCUT2D eigenvalue weighted by atomic mass is 16.2. The number of carbonyl (C=O) groups is 1. The zero-order valence-corrected chi connectivity index (χ0v) is 9.88. The molecule has 0 radical (unpaired) electrons. The number of para-hydroxylation sites is 1. The van der Waals surface area contributed by atoms with Crippen molar-refractivity contribution in [3.63, 3.8) is 0 Å². The molecule has 1 aromatic carbocycles. The molecule has 1 amide bonds. The number of rotatable bonds is 3. The maximum Gasteiger partial charge on any atom is 0.286 e. The third-order valence-electron chi connectivity index (χ3n) is 2.51. The Hall–Kier alpha value is -2.56. The van der Waals surface area contributed by atoms with E-state index in [9.17, 15) is 9.59 Å². The molecule has 18 heavy (non-hydrogen) atoms. The molecule has 1 aromatic heterocycles. The summed E-state index contributed by atoms with van der Waals surface area (Å²) >= 11 is 0. The molecule has 0 bridgehead atoms. The highest BCUT2D eigenvalue weighted by Gasteiger charge is 2.08. The number of hydrazine groups is 1. The average molecular weight is 243 g/mol. The van der Waals surface area contributed by atoms with Crippen LogP contribution in [0.1, 0.15) is 10.5 Å². The molecule has 1 heterocycles. The number of amides is 1. The van der Waals surface area contributed by atoms with Gasteiger partial charge in [-0.15, -0.1) is 0 Å². The lowest BCUT2D eigenvalue weighted by Gasteiger charge is -2.10. The minimum absolute atomic E-state index is 0.220. The van der Waals surface area contributed by atoms with Crippen LogP contribution in [0.4, 0.5) is 5.69 Å². The number of carbonyl (C=O) groups excluding carboxylic acids is 1. The molecule has 0 aliphatic heterocycles. The fraction of sp³-hybridized carbons (Fsp3) is 0.0769. The van der Waals surface area contributed by atoms with Crippen LogP contribution in [0.25, 0.3) is 0 Å². The predicted octanol–water partition coefficient (Wildman–Crippen LogP) is 1.14. The molecule has 2 rings (SSSR count). The summed E-state index contributed by atoms with van der Waals surface area (Å²) in [6, 6.07) is 13.8. The van der Waals surface area contributed by atoms with Gasteiger partial charge in [0.15, 0.2) is 0 Å². The molecular weight excluding hydrogens is 230 g/mol. The molecule has 0 spiro atoms. The highest BCUT2D eigenvalue weighted by molar-refractivity contribution is 5.93. The maximum atomic E-state index is 11.9. The van der Waals surface area contributed by atoms with E-state index in [0.717, 1.165) is 5.69 Å². The Bertz CT molecular complexity index is 605. The van der Waals surface area contributed by atoms with Crippen LogP contribution in [-0.2, 0) is 7.05 Å². The molecule has 2 N–H and O–H groups in total. The van der Waals surface area contributed by atoms with Gasteiger partial charge in [0.2, 0.25) is 0 Å². The summed E-state index contributed by atoms with van der Waals surface area (Å²) in [5.41, 5.74) is 6.16. The van der Waals surface area contributed by atoms with E-state index in [4.69, 9.17) is 0 Å². The van der Waals surface area contributed by atoms with Gasteiger partial charge in [0.05, 0.1) is 5.69 Å². The van der Waals surface area contributed by atoms with Crippen molar-refractivity contribution in [1.82, 2.24) is 9.99 Å². The molecule has 2 aromatic rings. The molecule has 5 nitrogen and oxygen atoms in total. The van der Waals surface area contributed by atoms with Crippen molar-refractivity contribution in [1.29, 1.82) is 0 Å². The van der Waals surface area contributed by atoms with Crippen LogP contribution in [0.5, 0.6) is 0 Å². The first-order chi connectivity index (χ1) is 8.68. The number of hydrogen-bond donors (Lipinski definition) is 2.